The molecule has 0 unspecified atom stereocenters. The van der Waals surface area contributed by atoms with Gasteiger partial charge < -0.3 is 9.47 Å². The van der Waals surface area contributed by atoms with Gasteiger partial charge in [0.05, 0.1) is 6.61 Å². The number of Topliss-reactive ketones (excluding diaryl/α,β-unsaturated/α-hetero) is 1. The van der Waals surface area contributed by atoms with E-state index in [2.05, 4.69) is 0 Å². The van der Waals surface area contributed by atoms with Crippen LogP contribution < -0.4 is 0 Å². The molecule has 3 nitrogen and oxygen atoms in total. The molecular formula is C16H22O3. The van der Waals surface area contributed by atoms with Crippen LogP contribution in [0.2, 0.25) is 0 Å². The molecule has 0 bridgehead atoms. The van der Waals surface area contributed by atoms with Crippen molar-refractivity contribution in [1.82, 2.24) is 0 Å². The molecule has 3 heteroatoms. The molecule has 1 aliphatic rings. The number of hydrogen-bond donors (Lipinski definition) is 0. The first kappa shape index (κ1) is 14.2. The standard InChI is InChI=1S/C16H22O3/c1-12-3-4-13(2)15(9-12)16(17)11-19-10-14-5-7-18-8-6-14/h3-4,9,14H,5-8,10-11H2,1-2H3. The molecular weight excluding hydrogens is 240 g/mol. The zero-order chi connectivity index (χ0) is 13.7. The van der Waals surface area contributed by atoms with Crippen LogP contribution in [0, 0.1) is 19.8 Å². The Labute approximate surface area is 114 Å². The van der Waals surface area contributed by atoms with Crippen LogP contribution in [0.15, 0.2) is 18.2 Å². The predicted octanol–water partition coefficient (Wildman–Crippen LogP) is 2.93. The Bertz CT molecular complexity index is 434. The zero-order valence-corrected chi connectivity index (χ0v) is 11.8. The maximum atomic E-state index is 12.1. The Kier molecular flexibility index (Phi) is 5.11. The Morgan fingerprint density at radius 1 is 1.32 bits per heavy atom. The van der Waals surface area contributed by atoms with Crippen molar-refractivity contribution in [3.8, 4) is 0 Å². The van der Waals surface area contributed by atoms with Crippen LogP contribution in [0.3, 0.4) is 0 Å². The molecule has 0 aliphatic carbocycles. The van der Waals surface area contributed by atoms with Crippen LogP contribution in [0.4, 0.5) is 0 Å². The van der Waals surface area contributed by atoms with Crippen LogP contribution in [-0.2, 0) is 9.47 Å². The lowest BCUT2D eigenvalue weighted by Crippen LogP contribution is -2.22. The zero-order valence-electron chi connectivity index (χ0n) is 11.8. The van der Waals surface area contributed by atoms with Gasteiger partial charge in [-0.05, 0) is 44.2 Å². The summed E-state index contributed by atoms with van der Waals surface area (Å²) in [5.74, 6) is 0.619. The first-order valence-corrected chi connectivity index (χ1v) is 6.93. The third-order valence-electron chi connectivity index (χ3n) is 3.62. The average molecular weight is 262 g/mol. The second-order valence-electron chi connectivity index (χ2n) is 5.31. The van der Waals surface area contributed by atoms with E-state index >= 15 is 0 Å². The molecule has 1 saturated heterocycles. The number of aryl methyl sites for hydroxylation is 2. The van der Waals surface area contributed by atoms with Gasteiger partial charge in [-0.2, -0.15) is 0 Å². The van der Waals surface area contributed by atoms with Gasteiger partial charge in [-0.3, -0.25) is 4.79 Å². The number of ether oxygens (including phenoxy) is 2. The van der Waals surface area contributed by atoms with Gasteiger partial charge in [0.1, 0.15) is 6.61 Å². The Hall–Kier alpha value is -1.19. The summed E-state index contributed by atoms with van der Waals surface area (Å²) < 4.78 is 10.9. The topological polar surface area (TPSA) is 35.5 Å². The van der Waals surface area contributed by atoms with Crippen LogP contribution in [0.5, 0.6) is 0 Å². The normalized spacial score (nSPS) is 16.5. The predicted molar refractivity (Wildman–Crippen MR) is 74.6 cm³/mol. The second kappa shape index (κ2) is 6.83. The van der Waals surface area contributed by atoms with Crippen molar-refractivity contribution in [3.63, 3.8) is 0 Å². The Morgan fingerprint density at radius 3 is 2.79 bits per heavy atom. The van der Waals surface area contributed by atoms with Crippen molar-refractivity contribution in [2.24, 2.45) is 5.92 Å². The largest absolute Gasteiger partial charge is 0.381 e. The van der Waals surface area contributed by atoms with Crippen molar-refractivity contribution in [1.29, 1.82) is 0 Å². The van der Waals surface area contributed by atoms with Gasteiger partial charge in [0.2, 0.25) is 0 Å². The van der Waals surface area contributed by atoms with Gasteiger partial charge in [0, 0.05) is 18.8 Å². The smallest absolute Gasteiger partial charge is 0.188 e. The molecule has 2 rings (SSSR count). The van der Waals surface area contributed by atoms with Crippen LogP contribution in [-0.4, -0.2) is 32.2 Å². The summed E-state index contributed by atoms with van der Waals surface area (Å²) in [5.41, 5.74) is 2.91. The highest BCUT2D eigenvalue weighted by atomic mass is 16.5. The monoisotopic (exact) mass is 262 g/mol. The van der Waals surface area contributed by atoms with Crippen molar-refractivity contribution in [3.05, 3.63) is 34.9 Å². The maximum absolute atomic E-state index is 12.1. The molecule has 19 heavy (non-hydrogen) atoms. The number of carbonyl (C=O) groups excluding carboxylic acids is 1. The summed E-state index contributed by atoms with van der Waals surface area (Å²) in [6.45, 7) is 6.45. The van der Waals surface area contributed by atoms with E-state index in [0.717, 1.165) is 42.7 Å². The van der Waals surface area contributed by atoms with Gasteiger partial charge in [-0.15, -0.1) is 0 Å². The maximum Gasteiger partial charge on any atom is 0.188 e. The van der Waals surface area contributed by atoms with E-state index in [4.69, 9.17) is 9.47 Å². The molecule has 1 aromatic carbocycles. The number of benzene rings is 1. The van der Waals surface area contributed by atoms with Crippen molar-refractivity contribution < 1.29 is 14.3 Å². The van der Waals surface area contributed by atoms with E-state index in [1.807, 2.05) is 32.0 Å². The van der Waals surface area contributed by atoms with E-state index < -0.39 is 0 Å². The number of ketones is 1. The molecule has 1 aliphatic heterocycles. The van der Waals surface area contributed by atoms with E-state index in [1.54, 1.807) is 0 Å². The fraction of sp³-hybridized carbons (Fsp3) is 0.562. The SMILES string of the molecule is Cc1ccc(C)c(C(=O)COCC2CCOCC2)c1. The van der Waals surface area contributed by atoms with E-state index in [1.165, 1.54) is 0 Å². The van der Waals surface area contributed by atoms with E-state index in [9.17, 15) is 4.79 Å². The molecule has 1 heterocycles. The van der Waals surface area contributed by atoms with E-state index in [-0.39, 0.29) is 12.4 Å². The summed E-state index contributed by atoms with van der Waals surface area (Å²) in [6.07, 6.45) is 2.08. The van der Waals surface area contributed by atoms with Crippen molar-refractivity contribution >= 4 is 5.78 Å². The minimum atomic E-state index is 0.0771. The molecule has 0 spiro atoms. The highest BCUT2D eigenvalue weighted by Gasteiger charge is 2.15. The molecule has 104 valence electrons. The quantitative estimate of drug-likeness (QED) is 0.765. The van der Waals surface area contributed by atoms with Gasteiger partial charge in [0.25, 0.3) is 0 Å². The minimum Gasteiger partial charge on any atom is -0.381 e. The number of carbonyl (C=O) groups is 1. The van der Waals surface area contributed by atoms with Crippen LogP contribution >= 0.6 is 0 Å². The van der Waals surface area contributed by atoms with E-state index in [0.29, 0.717) is 12.5 Å². The van der Waals surface area contributed by atoms with Crippen LogP contribution in [0.1, 0.15) is 34.3 Å². The second-order valence-corrected chi connectivity index (χ2v) is 5.31. The first-order valence-electron chi connectivity index (χ1n) is 6.93. The van der Waals surface area contributed by atoms with Crippen molar-refractivity contribution in [2.75, 3.05) is 26.4 Å². The molecule has 0 N–H and O–H groups in total. The summed E-state index contributed by atoms with van der Waals surface area (Å²) in [7, 11) is 0. The number of hydrogen-bond acceptors (Lipinski definition) is 3. The summed E-state index contributed by atoms with van der Waals surface area (Å²) in [4.78, 5) is 12.1. The molecule has 0 atom stereocenters. The lowest BCUT2D eigenvalue weighted by Gasteiger charge is -2.21. The molecule has 0 radical (unpaired) electrons. The van der Waals surface area contributed by atoms with Gasteiger partial charge in [-0.25, -0.2) is 0 Å². The molecule has 0 saturated carbocycles. The Balaban J connectivity index is 1.82. The average Bonchev–Trinajstić information content (AvgIpc) is 2.42. The fourth-order valence-corrected chi connectivity index (χ4v) is 2.35. The highest BCUT2D eigenvalue weighted by Crippen LogP contribution is 2.15. The summed E-state index contributed by atoms with van der Waals surface area (Å²) in [6, 6.07) is 5.95. The first-order chi connectivity index (χ1) is 9.16. The Morgan fingerprint density at radius 2 is 2.05 bits per heavy atom. The lowest BCUT2D eigenvalue weighted by atomic mass is 10.0. The molecule has 0 amide bonds. The summed E-state index contributed by atoms with van der Waals surface area (Å²) >= 11 is 0. The summed E-state index contributed by atoms with van der Waals surface area (Å²) in [5, 5.41) is 0. The van der Waals surface area contributed by atoms with Gasteiger partial charge >= 0.3 is 0 Å². The third kappa shape index (κ3) is 4.15. The third-order valence-corrected chi connectivity index (χ3v) is 3.62. The number of rotatable bonds is 5. The molecule has 1 aromatic rings. The lowest BCUT2D eigenvalue weighted by molar-refractivity contribution is 0.0216. The molecule has 0 aromatic heterocycles. The van der Waals surface area contributed by atoms with Gasteiger partial charge in [-0.1, -0.05) is 17.7 Å². The highest BCUT2D eigenvalue weighted by molar-refractivity contribution is 5.98. The van der Waals surface area contributed by atoms with Gasteiger partial charge in [0.15, 0.2) is 5.78 Å². The van der Waals surface area contributed by atoms with Crippen molar-refractivity contribution in [2.45, 2.75) is 26.7 Å². The fourth-order valence-electron chi connectivity index (χ4n) is 2.35. The van der Waals surface area contributed by atoms with Crippen LogP contribution in [0.25, 0.3) is 0 Å². The minimum absolute atomic E-state index is 0.0771. The molecule has 1 fully saturated rings.